The predicted octanol–water partition coefficient (Wildman–Crippen LogP) is 3.98. The standard InChI is InChI=1S/C19H15NO2/c1-14(12-13-15-8-4-2-5-9-15)17-19(21)22-18(20-17)16-10-6-3-7-11-16/h2-13H,1H3. The summed E-state index contributed by atoms with van der Waals surface area (Å²) in [7, 11) is 0. The molecule has 22 heavy (non-hydrogen) atoms. The smallest absolute Gasteiger partial charge is 0.364 e. The topological polar surface area (TPSA) is 38.7 Å². The fraction of sp³-hybridized carbons (Fsp3) is 0.0526. The number of aliphatic imine (C=N–C) groups is 1. The molecule has 0 amide bonds. The molecule has 2 aromatic carbocycles. The number of benzene rings is 2. The van der Waals surface area contributed by atoms with Gasteiger partial charge in [-0.2, -0.15) is 0 Å². The highest BCUT2D eigenvalue weighted by atomic mass is 16.6. The van der Waals surface area contributed by atoms with E-state index in [-0.39, 0.29) is 0 Å². The average Bonchev–Trinajstić information content (AvgIpc) is 2.96. The quantitative estimate of drug-likeness (QED) is 0.633. The Morgan fingerprint density at radius 1 is 1.00 bits per heavy atom. The van der Waals surface area contributed by atoms with Gasteiger partial charge < -0.3 is 4.74 Å². The molecule has 0 atom stereocenters. The summed E-state index contributed by atoms with van der Waals surface area (Å²) in [4.78, 5) is 16.3. The molecule has 0 aliphatic carbocycles. The number of carbonyl (C=O) groups is 1. The van der Waals surface area contributed by atoms with Gasteiger partial charge >= 0.3 is 5.97 Å². The predicted molar refractivity (Wildman–Crippen MR) is 87.2 cm³/mol. The largest absolute Gasteiger partial charge is 0.402 e. The Morgan fingerprint density at radius 3 is 2.32 bits per heavy atom. The van der Waals surface area contributed by atoms with E-state index in [1.165, 1.54) is 0 Å². The normalized spacial score (nSPS) is 16.6. The summed E-state index contributed by atoms with van der Waals surface area (Å²) in [6.07, 6.45) is 3.83. The van der Waals surface area contributed by atoms with Crippen molar-refractivity contribution in [1.82, 2.24) is 0 Å². The van der Waals surface area contributed by atoms with Crippen molar-refractivity contribution >= 4 is 17.9 Å². The maximum absolute atomic E-state index is 12.0. The second-order valence-corrected chi connectivity index (χ2v) is 4.95. The number of carbonyl (C=O) groups excluding carboxylic acids is 1. The lowest BCUT2D eigenvalue weighted by Gasteiger charge is -1.97. The molecular formula is C19H15NO2. The first-order valence-electron chi connectivity index (χ1n) is 7.04. The Labute approximate surface area is 129 Å². The minimum Gasteiger partial charge on any atom is -0.402 e. The van der Waals surface area contributed by atoms with Crippen LogP contribution in [-0.4, -0.2) is 11.9 Å². The maximum Gasteiger partial charge on any atom is 0.364 e. The molecule has 0 spiro atoms. The molecule has 0 bridgehead atoms. The van der Waals surface area contributed by atoms with Gasteiger partial charge in [0.05, 0.1) is 0 Å². The van der Waals surface area contributed by atoms with Crippen molar-refractivity contribution in [2.75, 3.05) is 0 Å². The van der Waals surface area contributed by atoms with Crippen LogP contribution in [0.1, 0.15) is 18.1 Å². The summed E-state index contributed by atoms with van der Waals surface area (Å²) in [5.74, 6) is -0.0536. The Morgan fingerprint density at radius 2 is 1.64 bits per heavy atom. The molecule has 1 heterocycles. The zero-order chi connectivity index (χ0) is 15.4. The van der Waals surface area contributed by atoms with Gasteiger partial charge in [0.25, 0.3) is 0 Å². The summed E-state index contributed by atoms with van der Waals surface area (Å²) in [5, 5.41) is 0. The van der Waals surface area contributed by atoms with E-state index in [4.69, 9.17) is 4.74 Å². The third kappa shape index (κ3) is 3.04. The minimum atomic E-state index is -0.408. The zero-order valence-corrected chi connectivity index (χ0v) is 12.2. The van der Waals surface area contributed by atoms with Gasteiger partial charge in [-0.3, -0.25) is 0 Å². The molecule has 1 aliphatic heterocycles. The first kappa shape index (κ1) is 14.0. The molecule has 108 valence electrons. The number of ether oxygens (including phenoxy) is 1. The Kier molecular flexibility index (Phi) is 3.97. The molecule has 0 saturated carbocycles. The molecule has 2 aromatic rings. The fourth-order valence-corrected chi connectivity index (χ4v) is 2.12. The Balaban J connectivity index is 1.88. The van der Waals surface area contributed by atoms with E-state index in [1.807, 2.05) is 79.7 Å². The number of esters is 1. The third-order valence-electron chi connectivity index (χ3n) is 3.32. The number of nitrogens with zero attached hydrogens (tertiary/aromatic N) is 1. The lowest BCUT2D eigenvalue weighted by molar-refractivity contribution is -0.130. The molecule has 3 heteroatoms. The van der Waals surface area contributed by atoms with Gasteiger partial charge in [-0.05, 0) is 30.2 Å². The zero-order valence-electron chi connectivity index (χ0n) is 12.2. The monoisotopic (exact) mass is 289 g/mol. The van der Waals surface area contributed by atoms with Gasteiger partial charge in [-0.25, -0.2) is 9.79 Å². The van der Waals surface area contributed by atoms with E-state index in [2.05, 4.69) is 4.99 Å². The second kappa shape index (κ2) is 6.22. The highest BCUT2D eigenvalue weighted by Crippen LogP contribution is 2.20. The molecule has 0 fully saturated rings. The number of rotatable bonds is 3. The highest BCUT2D eigenvalue weighted by molar-refractivity contribution is 6.11. The minimum absolute atomic E-state index is 0.353. The van der Waals surface area contributed by atoms with Crippen LogP contribution in [0.25, 0.3) is 6.08 Å². The SMILES string of the molecule is CC(C=Cc1ccccc1)=C1N=C(c2ccccc2)OC1=O. The molecule has 1 aliphatic rings. The number of hydrogen-bond donors (Lipinski definition) is 0. The van der Waals surface area contributed by atoms with Gasteiger partial charge in [0.1, 0.15) is 0 Å². The third-order valence-corrected chi connectivity index (χ3v) is 3.32. The van der Waals surface area contributed by atoms with Crippen LogP contribution in [0.2, 0.25) is 0 Å². The summed E-state index contributed by atoms with van der Waals surface area (Å²) in [5.41, 5.74) is 3.00. The Hall–Kier alpha value is -2.94. The van der Waals surface area contributed by atoms with Crippen molar-refractivity contribution in [1.29, 1.82) is 0 Å². The Bertz CT molecular complexity index is 772. The van der Waals surface area contributed by atoms with Gasteiger partial charge in [-0.1, -0.05) is 60.7 Å². The van der Waals surface area contributed by atoms with Gasteiger partial charge in [0.15, 0.2) is 5.70 Å². The fourth-order valence-electron chi connectivity index (χ4n) is 2.12. The van der Waals surface area contributed by atoms with E-state index in [0.29, 0.717) is 11.6 Å². The second-order valence-electron chi connectivity index (χ2n) is 4.95. The van der Waals surface area contributed by atoms with Crippen molar-refractivity contribution in [3.05, 3.63) is 89.1 Å². The summed E-state index contributed by atoms with van der Waals surface area (Å²) in [6.45, 7) is 1.85. The van der Waals surface area contributed by atoms with E-state index < -0.39 is 5.97 Å². The maximum atomic E-state index is 12.0. The van der Waals surface area contributed by atoms with Gasteiger partial charge in [-0.15, -0.1) is 0 Å². The summed E-state index contributed by atoms with van der Waals surface area (Å²) < 4.78 is 5.25. The van der Waals surface area contributed by atoms with Crippen molar-refractivity contribution < 1.29 is 9.53 Å². The highest BCUT2D eigenvalue weighted by Gasteiger charge is 2.25. The first-order valence-corrected chi connectivity index (χ1v) is 7.04. The van der Waals surface area contributed by atoms with Gasteiger partial charge in [0, 0.05) is 5.56 Å². The first-order chi connectivity index (χ1) is 10.7. The van der Waals surface area contributed by atoms with Crippen LogP contribution in [0.4, 0.5) is 0 Å². The molecule has 0 radical (unpaired) electrons. The molecule has 0 N–H and O–H groups in total. The lowest BCUT2D eigenvalue weighted by Crippen LogP contribution is -2.05. The average molecular weight is 289 g/mol. The molecule has 0 aromatic heterocycles. The van der Waals surface area contributed by atoms with Crippen LogP contribution in [0, 0.1) is 0 Å². The van der Waals surface area contributed by atoms with E-state index in [0.717, 1.165) is 16.7 Å². The van der Waals surface area contributed by atoms with Gasteiger partial charge in [0.2, 0.25) is 5.90 Å². The van der Waals surface area contributed by atoms with Crippen LogP contribution in [0.15, 0.2) is 83.0 Å². The van der Waals surface area contributed by atoms with E-state index >= 15 is 0 Å². The molecular weight excluding hydrogens is 274 g/mol. The lowest BCUT2D eigenvalue weighted by atomic mass is 10.1. The van der Waals surface area contributed by atoms with Crippen molar-refractivity contribution in [2.24, 2.45) is 4.99 Å². The van der Waals surface area contributed by atoms with Crippen molar-refractivity contribution in [3.8, 4) is 0 Å². The van der Waals surface area contributed by atoms with E-state index in [1.54, 1.807) is 0 Å². The van der Waals surface area contributed by atoms with Crippen LogP contribution in [0.5, 0.6) is 0 Å². The van der Waals surface area contributed by atoms with Crippen LogP contribution in [0.3, 0.4) is 0 Å². The number of hydrogen-bond acceptors (Lipinski definition) is 3. The number of allylic oxidation sites excluding steroid dienone is 2. The molecule has 3 nitrogen and oxygen atoms in total. The van der Waals surface area contributed by atoms with E-state index in [9.17, 15) is 4.79 Å². The molecule has 0 saturated heterocycles. The van der Waals surface area contributed by atoms with Crippen LogP contribution >= 0.6 is 0 Å². The van der Waals surface area contributed by atoms with Crippen LogP contribution < -0.4 is 0 Å². The summed E-state index contributed by atoms with van der Waals surface area (Å²) in [6, 6.07) is 19.3. The number of cyclic esters (lactones) is 1. The molecule has 3 rings (SSSR count). The van der Waals surface area contributed by atoms with Crippen LogP contribution in [-0.2, 0) is 9.53 Å². The summed E-state index contributed by atoms with van der Waals surface area (Å²) >= 11 is 0. The van der Waals surface area contributed by atoms with Crippen molar-refractivity contribution in [2.45, 2.75) is 6.92 Å². The van der Waals surface area contributed by atoms with Crippen molar-refractivity contribution in [3.63, 3.8) is 0 Å². The molecule has 0 unspecified atom stereocenters.